The molecule has 0 aromatic rings. The summed E-state index contributed by atoms with van der Waals surface area (Å²) in [5.41, 5.74) is 5.87. The fraction of sp³-hybridized carbons (Fsp3) is 0.684. The van der Waals surface area contributed by atoms with E-state index in [9.17, 15) is 14.4 Å². The van der Waals surface area contributed by atoms with Crippen molar-refractivity contribution in [3.8, 4) is 0 Å². The normalized spacial score (nSPS) is 20.9. The first-order valence-electron chi connectivity index (χ1n) is 10.1. The van der Waals surface area contributed by atoms with Crippen LogP contribution in [0.2, 0.25) is 0 Å². The van der Waals surface area contributed by atoms with Crippen molar-refractivity contribution in [1.82, 2.24) is 10.6 Å². The van der Waals surface area contributed by atoms with Gasteiger partial charge in [-0.1, -0.05) is 20.8 Å². The van der Waals surface area contributed by atoms with Crippen molar-refractivity contribution < 1.29 is 23.9 Å². The van der Waals surface area contributed by atoms with Crippen LogP contribution in [0.3, 0.4) is 0 Å². The molecule has 0 aromatic heterocycles. The van der Waals surface area contributed by atoms with Crippen LogP contribution in [0, 0.1) is 5.92 Å². The second-order valence-corrected chi connectivity index (χ2v) is 7.45. The van der Waals surface area contributed by atoms with E-state index in [1.807, 2.05) is 20.8 Å². The third-order valence-corrected chi connectivity index (χ3v) is 4.53. The van der Waals surface area contributed by atoms with E-state index < -0.39 is 23.7 Å². The van der Waals surface area contributed by atoms with Crippen LogP contribution in [-0.2, 0) is 23.9 Å². The van der Waals surface area contributed by atoms with Gasteiger partial charge in [-0.05, 0) is 31.7 Å². The van der Waals surface area contributed by atoms with Crippen molar-refractivity contribution >= 4 is 35.7 Å². The maximum absolute atomic E-state index is 12.3. The third-order valence-electron chi connectivity index (χ3n) is 4.53. The molecular formula is C19H30N6O5. The maximum atomic E-state index is 12.3. The maximum Gasteiger partial charge on any atom is 0.323 e. The summed E-state index contributed by atoms with van der Waals surface area (Å²) in [7, 11) is 0. The number of carbonyl (C=O) groups is 3. The average Bonchev–Trinajstić information content (AvgIpc) is 3.17. The van der Waals surface area contributed by atoms with Gasteiger partial charge in [0.05, 0.1) is 6.61 Å². The van der Waals surface area contributed by atoms with E-state index in [1.54, 1.807) is 0 Å². The van der Waals surface area contributed by atoms with E-state index in [0.29, 0.717) is 25.8 Å². The van der Waals surface area contributed by atoms with Crippen molar-refractivity contribution in [2.75, 3.05) is 19.8 Å². The molecule has 0 saturated heterocycles. The van der Waals surface area contributed by atoms with Crippen LogP contribution < -0.4 is 16.4 Å². The van der Waals surface area contributed by atoms with E-state index in [0.717, 1.165) is 0 Å². The summed E-state index contributed by atoms with van der Waals surface area (Å²) in [6.07, 6.45) is 3.39. The molecule has 0 radical (unpaired) electrons. The topological polar surface area (TPSA) is 157 Å². The summed E-state index contributed by atoms with van der Waals surface area (Å²) in [6, 6.07) is -0.639. The highest BCUT2D eigenvalue weighted by atomic mass is 16.5. The molecule has 30 heavy (non-hydrogen) atoms. The predicted molar refractivity (Wildman–Crippen MR) is 111 cm³/mol. The molecule has 166 valence electrons. The van der Waals surface area contributed by atoms with E-state index in [2.05, 4.69) is 25.6 Å². The van der Waals surface area contributed by atoms with Gasteiger partial charge in [-0.3, -0.25) is 19.7 Å². The summed E-state index contributed by atoms with van der Waals surface area (Å²) in [6.45, 7) is 6.06. The van der Waals surface area contributed by atoms with Crippen molar-refractivity contribution in [1.29, 1.82) is 0 Å². The number of amidine groups is 1. The Hall–Kier alpha value is -2.66. The molecule has 2 rings (SSSR count). The molecule has 2 atom stereocenters. The smallest absolute Gasteiger partial charge is 0.323 e. The fourth-order valence-electron chi connectivity index (χ4n) is 2.69. The number of nitrogens with zero attached hydrogens (tertiary/aromatic N) is 3. The Balaban J connectivity index is 1.88. The Bertz CT molecular complexity index is 748. The number of rotatable bonds is 12. The highest BCUT2D eigenvalue weighted by molar-refractivity contribution is 6.69. The summed E-state index contributed by atoms with van der Waals surface area (Å²) in [5.74, 6) is -2.38. The molecule has 2 aliphatic heterocycles. The molecule has 1 amide bonds. The van der Waals surface area contributed by atoms with Gasteiger partial charge >= 0.3 is 11.9 Å². The lowest BCUT2D eigenvalue weighted by Gasteiger charge is -2.34. The standard InChI is InChI=1S/C19H30N6O5/c1-4-7-13(26)30-10-19(24-16-15(17(27)25-19)21-11-22-16)23-8-5-6-9-29-18(28)14(20)12(2)3/h11-12,14,23H,4-10,20H2,1-3H3,(H,25,27)/t14-,19?/m0/s1. The molecule has 0 spiro atoms. The summed E-state index contributed by atoms with van der Waals surface area (Å²) < 4.78 is 10.5. The van der Waals surface area contributed by atoms with Crippen LogP contribution in [0.15, 0.2) is 15.0 Å². The predicted octanol–water partition coefficient (Wildman–Crippen LogP) is -0.109. The molecule has 0 aliphatic carbocycles. The molecule has 0 bridgehead atoms. The minimum absolute atomic E-state index is 0.00939. The molecule has 1 unspecified atom stereocenters. The number of fused-ring (bicyclic) bond motifs is 1. The van der Waals surface area contributed by atoms with Crippen LogP contribution in [0.5, 0.6) is 0 Å². The van der Waals surface area contributed by atoms with Crippen molar-refractivity contribution in [3.63, 3.8) is 0 Å². The van der Waals surface area contributed by atoms with Gasteiger partial charge in [-0.2, -0.15) is 0 Å². The number of nitrogens with one attached hydrogen (secondary N) is 2. The Kier molecular flexibility index (Phi) is 8.60. The minimum Gasteiger partial charge on any atom is -0.465 e. The van der Waals surface area contributed by atoms with Crippen molar-refractivity contribution in [2.24, 2.45) is 26.6 Å². The minimum atomic E-state index is -1.33. The molecule has 4 N–H and O–H groups in total. The van der Waals surface area contributed by atoms with Gasteiger partial charge in [0.1, 0.15) is 19.0 Å². The van der Waals surface area contributed by atoms with Gasteiger partial charge in [0.25, 0.3) is 5.91 Å². The molecule has 11 nitrogen and oxygen atoms in total. The van der Waals surface area contributed by atoms with E-state index in [1.165, 1.54) is 6.34 Å². The quantitative estimate of drug-likeness (QED) is 0.292. The molecule has 2 aliphatic rings. The van der Waals surface area contributed by atoms with E-state index >= 15 is 0 Å². The molecule has 0 aromatic carbocycles. The Morgan fingerprint density at radius 1 is 1.30 bits per heavy atom. The SMILES string of the molecule is CCCC(=O)OCC1(NCCCCOC(=O)[C@@H](N)C(C)C)N=C2N=CN=C2C(=O)N1. The van der Waals surface area contributed by atoms with Crippen LogP contribution in [-0.4, -0.2) is 67.3 Å². The zero-order valence-corrected chi connectivity index (χ0v) is 17.6. The average molecular weight is 422 g/mol. The fourth-order valence-corrected chi connectivity index (χ4v) is 2.69. The lowest BCUT2D eigenvalue weighted by atomic mass is 10.1. The first-order chi connectivity index (χ1) is 14.3. The van der Waals surface area contributed by atoms with Crippen LogP contribution in [0.1, 0.15) is 46.5 Å². The number of esters is 2. The van der Waals surface area contributed by atoms with E-state index in [4.69, 9.17) is 15.2 Å². The number of aliphatic imine (C=N–C) groups is 3. The number of hydrogen-bond acceptors (Lipinski definition) is 10. The van der Waals surface area contributed by atoms with Crippen LogP contribution in [0.25, 0.3) is 0 Å². The first-order valence-corrected chi connectivity index (χ1v) is 10.1. The van der Waals surface area contributed by atoms with Crippen LogP contribution in [0.4, 0.5) is 0 Å². The van der Waals surface area contributed by atoms with Crippen molar-refractivity contribution in [2.45, 2.75) is 58.3 Å². The number of unbranched alkanes of at least 4 members (excludes halogenated alkanes) is 1. The zero-order chi connectivity index (χ0) is 22.1. The number of ether oxygens (including phenoxy) is 2. The Labute approximate surface area is 175 Å². The third kappa shape index (κ3) is 6.42. The lowest BCUT2D eigenvalue weighted by molar-refractivity contribution is -0.147. The summed E-state index contributed by atoms with van der Waals surface area (Å²) >= 11 is 0. The first kappa shape index (κ1) is 23.6. The largest absolute Gasteiger partial charge is 0.465 e. The molecule has 2 heterocycles. The number of amides is 1. The molecule has 0 fully saturated rings. The van der Waals surface area contributed by atoms with Gasteiger partial charge in [0.15, 0.2) is 11.5 Å². The van der Waals surface area contributed by atoms with E-state index in [-0.39, 0.29) is 43.1 Å². The monoisotopic (exact) mass is 422 g/mol. The second kappa shape index (κ2) is 10.9. The van der Waals surface area contributed by atoms with Gasteiger partial charge < -0.3 is 20.5 Å². The van der Waals surface area contributed by atoms with Gasteiger partial charge in [-0.25, -0.2) is 15.0 Å². The zero-order valence-electron chi connectivity index (χ0n) is 17.6. The summed E-state index contributed by atoms with van der Waals surface area (Å²) in [5, 5.41) is 5.82. The second-order valence-electron chi connectivity index (χ2n) is 7.45. The highest BCUT2D eigenvalue weighted by Crippen LogP contribution is 2.14. The summed E-state index contributed by atoms with van der Waals surface area (Å²) in [4.78, 5) is 48.2. The van der Waals surface area contributed by atoms with Crippen LogP contribution >= 0.6 is 0 Å². The van der Waals surface area contributed by atoms with Gasteiger partial charge in [-0.15, -0.1) is 0 Å². The number of nitrogens with two attached hydrogens (primary N) is 1. The number of carbonyl (C=O) groups excluding carboxylic acids is 3. The highest BCUT2D eigenvalue weighted by Gasteiger charge is 2.41. The van der Waals surface area contributed by atoms with Gasteiger partial charge in [0, 0.05) is 6.42 Å². The molecule has 11 heteroatoms. The Morgan fingerprint density at radius 2 is 2.07 bits per heavy atom. The molecule has 0 saturated carbocycles. The lowest BCUT2D eigenvalue weighted by Crippen LogP contribution is -2.65. The van der Waals surface area contributed by atoms with Crippen molar-refractivity contribution in [3.05, 3.63) is 0 Å². The number of hydrogen-bond donors (Lipinski definition) is 3. The Morgan fingerprint density at radius 3 is 2.77 bits per heavy atom. The van der Waals surface area contributed by atoms with Gasteiger partial charge in [0.2, 0.25) is 5.79 Å². The molecular weight excluding hydrogens is 392 g/mol.